The summed E-state index contributed by atoms with van der Waals surface area (Å²) in [4.78, 5) is 17.3. The van der Waals surface area contributed by atoms with Crippen LogP contribution in [0.4, 0.5) is 5.69 Å². The average molecular weight is 265 g/mol. The normalized spacial score (nSPS) is 16.2. The topological polar surface area (TPSA) is 88.7 Å². The number of carboxylic acid groups (broad SMARTS) is 1. The number of rotatable bonds is 5. The Bertz CT molecular complexity index is 445. The molecule has 0 atom stereocenters. The monoisotopic (exact) mass is 265 g/mol. The quantitative estimate of drug-likeness (QED) is 0.832. The van der Waals surface area contributed by atoms with Crippen LogP contribution in [0.5, 0.6) is 5.88 Å². The van der Waals surface area contributed by atoms with Gasteiger partial charge in [-0.1, -0.05) is 6.42 Å². The maximum absolute atomic E-state index is 11.1. The fourth-order valence-electron chi connectivity index (χ4n) is 2.19. The minimum Gasteiger partial charge on any atom is -0.477 e. The molecule has 0 bridgehead atoms. The molecule has 1 fully saturated rings. The van der Waals surface area contributed by atoms with Crippen molar-refractivity contribution in [2.75, 3.05) is 32.0 Å². The van der Waals surface area contributed by atoms with Crippen molar-refractivity contribution in [2.24, 2.45) is 0 Å². The van der Waals surface area contributed by atoms with Crippen molar-refractivity contribution < 1.29 is 14.6 Å². The molecule has 3 N–H and O–H groups in total. The van der Waals surface area contributed by atoms with Crippen LogP contribution in [0.25, 0.3) is 0 Å². The third-order valence-corrected chi connectivity index (χ3v) is 3.20. The molecule has 1 aliphatic rings. The molecule has 6 heteroatoms. The smallest absolute Gasteiger partial charge is 0.341 e. The van der Waals surface area contributed by atoms with Crippen LogP contribution in [0.3, 0.4) is 0 Å². The Kier molecular flexibility index (Phi) is 4.57. The Morgan fingerprint density at radius 2 is 2.16 bits per heavy atom. The van der Waals surface area contributed by atoms with E-state index in [4.69, 9.17) is 15.6 Å². The van der Waals surface area contributed by atoms with Crippen molar-refractivity contribution in [3.63, 3.8) is 0 Å². The average Bonchev–Trinajstić information content (AvgIpc) is 2.41. The maximum atomic E-state index is 11.1. The minimum atomic E-state index is -1.08. The number of nitrogens with zero attached hydrogens (tertiary/aromatic N) is 2. The fourth-order valence-corrected chi connectivity index (χ4v) is 2.19. The molecule has 1 aromatic rings. The number of carboxylic acids is 1. The van der Waals surface area contributed by atoms with Crippen LogP contribution < -0.4 is 10.5 Å². The zero-order chi connectivity index (χ0) is 13.7. The summed E-state index contributed by atoms with van der Waals surface area (Å²) in [6.07, 6.45) is 5.14. The first-order valence-electron chi connectivity index (χ1n) is 6.51. The van der Waals surface area contributed by atoms with Crippen LogP contribution >= 0.6 is 0 Å². The van der Waals surface area contributed by atoms with Gasteiger partial charge < -0.3 is 15.6 Å². The Balaban J connectivity index is 1.89. The first-order valence-corrected chi connectivity index (χ1v) is 6.51. The molecule has 2 heterocycles. The third kappa shape index (κ3) is 3.82. The molecular formula is C13H19N3O3. The van der Waals surface area contributed by atoms with Gasteiger partial charge in [-0.3, -0.25) is 4.90 Å². The summed E-state index contributed by atoms with van der Waals surface area (Å²) in [7, 11) is 0. The number of carbonyl (C=O) groups is 1. The van der Waals surface area contributed by atoms with Gasteiger partial charge >= 0.3 is 5.97 Å². The molecule has 104 valence electrons. The second-order valence-corrected chi connectivity index (χ2v) is 4.68. The van der Waals surface area contributed by atoms with E-state index in [2.05, 4.69) is 9.88 Å². The first-order chi connectivity index (χ1) is 9.16. The predicted molar refractivity (Wildman–Crippen MR) is 71.4 cm³/mol. The lowest BCUT2D eigenvalue weighted by Crippen LogP contribution is -2.33. The van der Waals surface area contributed by atoms with E-state index in [1.165, 1.54) is 31.5 Å². The van der Waals surface area contributed by atoms with Crippen LogP contribution in [0, 0.1) is 0 Å². The molecule has 0 spiro atoms. The number of nitrogens with two attached hydrogens (primary N) is 1. The Morgan fingerprint density at radius 3 is 2.84 bits per heavy atom. The number of anilines is 1. The van der Waals surface area contributed by atoms with Gasteiger partial charge in [-0.25, -0.2) is 9.78 Å². The molecule has 2 rings (SSSR count). The highest BCUT2D eigenvalue weighted by atomic mass is 16.5. The Morgan fingerprint density at radius 1 is 1.42 bits per heavy atom. The number of pyridine rings is 1. The van der Waals surface area contributed by atoms with E-state index >= 15 is 0 Å². The van der Waals surface area contributed by atoms with Gasteiger partial charge in [-0.15, -0.1) is 0 Å². The SMILES string of the molecule is Nc1cnc(OCCN2CCCCC2)c(C(=O)O)c1. The number of aromatic nitrogens is 1. The summed E-state index contributed by atoms with van der Waals surface area (Å²) < 4.78 is 5.47. The van der Waals surface area contributed by atoms with E-state index in [9.17, 15) is 4.79 Å². The molecule has 0 unspecified atom stereocenters. The molecule has 1 aromatic heterocycles. The lowest BCUT2D eigenvalue weighted by atomic mass is 10.1. The summed E-state index contributed by atoms with van der Waals surface area (Å²) in [6.45, 7) is 3.41. The molecule has 0 radical (unpaired) electrons. The molecule has 1 aliphatic heterocycles. The standard InChI is InChI=1S/C13H19N3O3/c14-10-8-11(13(17)18)12(15-9-10)19-7-6-16-4-2-1-3-5-16/h8-9H,1-7,14H2,(H,17,18). The summed E-state index contributed by atoms with van der Waals surface area (Å²) in [5.74, 6) is -0.938. The van der Waals surface area contributed by atoms with Gasteiger partial charge in [-0.2, -0.15) is 0 Å². The van der Waals surface area contributed by atoms with Gasteiger partial charge in [-0.05, 0) is 32.0 Å². The summed E-state index contributed by atoms with van der Waals surface area (Å²) in [5, 5.41) is 9.05. The van der Waals surface area contributed by atoms with Gasteiger partial charge in [0, 0.05) is 6.54 Å². The molecular weight excluding hydrogens is 246 g/mol. The van der Waals surface area contributed by atoms with E-state index < -0.39 is 5.97 Å². The number of hydrogen-bond donors (Lipinski definition) is 2. The van der Waals surface area contributed by atoms with Crippen LogP contribution in [-0.4, -0.2) is 47.2 Å². The number of aromatic carboxylic acids is 1. The van der Waals surface area contributed by atoms with Crippen LogP contribution in [-0.2, 0) is 0 Å². The number of nitrogen functional groups attached to an aromatic ring is 1. The largest absolute Gasteiger partial charge is 0.477 e. The minimum absolute atomic E-state index is 0.0126. The molecule has 0 amide bonds. The van der Waals surface area contributed by atoms with Crippen molar-refractivity contribution in [2.45, 2.75) is 19.3 Å². The van der Waals surface area contributed by atoms with Crippen molar-refractivity contribution in [3.05, 3.63) is 17.8 Å². The van der Waals surface area contributed by atoms with E-state index in [1.807, 2.05) is 0 Å². The van der Waals surface area contributed by atoms with Gasteiger partial charge in [0.15, 0.2) is 0 Å². The van der Waals surface area contributed by atoms with Crippen LogP contribution in [0.15, 0.2) is 12.3 Å². The van der Waals surface area contributed by atoms with E-state index in [-0.39, 0.29) is 11.4 Å². The van der Waals surface area contributed by atoms with Crippen molar-refractivity contribution in [1.29, 1.82) is 0 Å². The van der Waals surface area contributed by atoms with Crippen molar-refractivity contribution in [3.8, 4) is 5.88 Å². The van der Waals surface area contributed by atoms with Gasteiger partial charge in [0.25, 0.3) is 0 Å². The number of piperidine rings is 1. The molecule has 0 aliphatic carbocycles. The van der Waals surface area contributed by atoms with Gasteiger partial charge in [0.2, 0.25) is 5.88 Å². The van der Waals surface area contributed by atoms with Crippen molar-refractivity contribution >= 4 is 11.7 Å². The summed E-state index contributed by atoms with van der Waals surface area (Å²) in [6, 6.07) is 1.37. The van der Waals surface area contributed by atoms with Crippen LogP contribution in [0.1, 0.15) is 29.6 Å². The molecule has 0 aromatic carbocycles. The zero-order valence-electron chi connectivity index (χ0n) is 10.8. The lowest BCUT2D eigenvalue weighted by Gasteiger charge is -2.26. The predicted octanol–water partition coefficient (Wildman–Crippen LogP) is 1.23. The molecule has 19 heavy (non-hydrogen) atoms. The highest BCUT2D eigenvalue weighted by molar-refractivity contribution is 5.91. The fraction of sp³-hybridized carbons (Fsp3) is 0.538. The first kappa shape index (κ1) is 13.6. The number of hydrogen-bond acceptors (Lipinski definition) is 5. The third-order valence-electron chi connectivity index (χ3n) is 3.20. The van der Waals surface area contributed by atoms with Crippen molar-refractivity contribution in [1.82, 2.24) is 9.88 Å². The highest BCUT2D eigenvalue weighted by Crippen LogP contribution is 2.18. The molecule has 0 saturated carbocycles. The van der Waals surface area contributed by atoms with E-state index in [1.54, 1.807) is 0 Å². The number of ether oxygens (including phenoxy) is 1. The second-order valence-electron chi connectivity index (χ2n) is 4.68. The summed E-state index contributed by atoms with van der Waals surface area (Å²) >= 11 is 0. The summed E-state index contributed by atoms with van der Waals surface area (Å²) in [5.41, 5.74) is 5.85. The van der Waals surface area contributed by atoms with Gasteiger partial charge in [0.1, 0.15) is 12.2 Å². The Hall–Kier alpha value is -1.82. The van der Waals surface area contributed by atoms with Gasteiger partial charge in [0.05, 0.1) is 11.9 Å². The highest BCUT2D eigenvalue weighted by Gasteiger charge is 2.14. The maximum Gasteiger partial charge on any atom is 0.341 e. The lowest BCUT2D eigenvalue weighted by molar-refractivity contribution is 0.0690. The molecule has 6 nitrogen and oxygen atoms in total. The Labute approximate surface area is 112 Å². The zero-order valence-corrected chi connectivity index (χ0v) is 10.8. The molecule has 1 saturated heterocycles. The van der Waals surface area contributed by atoms with E-state index in [0.717, 1.165) is 19.6 Å². The number of likely N-dealkylation sites (tertiary alicyclic amines) is 1. The van der Waals surface area contributed by atoms with E-state index in [0.29, 0.717) is 12.3 Å². The van der Waals surface area contributed by atoms with Crippen LogP contribution in [0.2, 0.25) is 0 Å². The second kappa shape index (κ2) is 6.38.